The summed E-state index contributed by atoms with van der Waals surface area (Å²) in [7, 11) is 1.45. The van der Waals surface area contributed by atoms with Crippen LogP contribution in [-0.2, 0) is 0 Å². The van der Waals surface area contributed by atoms with E-state index >= 15 is 4.39 Å². The summed E-state index contributed by atoms with van der Waals surface area (Å²) in [5.74, 6) is -0.113. The fourth-order valence-corrected chi connectivity index (χ4v) is 5.87. The number of aliphatic hydroxyl groups excluding tert-OH is 1. The van der Waals surface area contributed by atoms with Gasteiger partial charge in [-0.05, 0) is 74.9 Å². The molecule has 2 aliphatic heterocycles. The van der Waals surface area contributed by atoms with Gasteiger partial charge >= 0.3 is 0 Å². The van der Waals surface area contributed by atoms with E-state index in [4.69, 9.17) is 9.72 Å². The molecule has 5 heterocycles. The van der Waals surface area contributed by atoms with Crippen LogP contribution in [0.4, 0.5) is 21.6 Å². The van der Waals surface area contributed by atoms with Crippen molar-refractivity contribution in [1.29, 1.82) is 0 Å². The van der Waals surface area contributed by atoms with Crippen LogP contribution in [0, 0.1) is 12.7 Å². The number of carbonyl (C=O) groups is 1. The average molecular weight is 587 g/mol. The minimum Gasteiger partial charge on any atom is -0.496 e. The lowest BCUT2D eigenvalue weighted by atomic mass is 10.0. The lowest BCUT2D eigenvalue weighted by molar-refractivity contribution is 0.0720. The third kappa shape index (κ3) is 5.77. The fourth-order valence-electron chi connectivity index (χ4n) is 5.87. The second kappa shape index (κ2) is 12.0. The highest BCUT2D eigenvalue weighted by Gasteiger charge is 2.25. The first-order chi connectivity index (χ1) is 20.8. The van der Waals surface area contributed by atoms with Crippen LogP contribution >= 0.6 is 0 Å². The van der Waals surface area contributed by atoms with E-state index < -0.39 is 5.82 Å². The minimum atomic E-state index is -0.615. The van der Waals surface area contributed by atoms with Gasteiger partial charge in [-0.3, -0.25) is 9.59 Å². The quantitative estimate of drug-likeness (QED) is 0.295. The summed E-state index contributed by atoms with van der Waals surface area (Å²) in [6, 6.07) is 8.09. The maximum atomic E-state index is 15.8. The largest absolute Gasteiger partial charge is 0.496 e. The summed E-state index contributed by atoms with van der Waals surface area (Å²) in [5, 5.41) is 13.4. The molecule has 0 radical (unpaired) electrons. The molecular formula is C32H35FN6O4. The van der Waals surface area contributed by atoms with Crippen molar-refractivity contribution in [3.05, 3.63) is 70.0 Å². The van der Waals surface area contributed by atoms with E-state index in [9.17, 15) is 14.7 Å². The zero-order valence-corrected chi connectivity index (χ0v) is 24.3. The number of rotatable bonds is 6. The molecule has 43 heavy (non-hydrogen) atoms. The lowest BCUT2D eigenvalue weighted by Gasteiger charge is -2.31. The predicted octanol–water partition coefficient (Wildman–Crippen LogP) is 4.77. The number of nitrogens with one attached hydrogen (secondary N) is 2. The molecule has 10 nitrogen and oxygen atoms in total. The molecule has 3 aromatic heterocycles. The molecule has 0 aliphatic carbocycles. The molecule has 4 aromatic rings. The number of likely N-dealkylation sites (tertiary alicyclic amines) is 1. The van der Waals surface area contributed by atoms with Gasteiger partial charge in [0.2, 0.25) is 0 Å². The molecule has 224 valence electrons. The second-order valence-corrected chi connectivity index (χ2v) is 11.2. The maximum absolute atomic E-state index is 15.8. The third-order valence-corrected chi connectivity index (χ3v) is 8.32. The number of benzene rings is 1. The topological polar surface area (TPSA) is 124 Å². The molecule has 0 saturated carbocycles. The summed E-state index contributed by atoms with van der Waals surface area (Å²) in [6.07, 6.45) is 7.40. The number of amides is 1. The van der Waals surface area contributed by atoms with Gasteiger partial charge in [0.1, 0.15) is 17.4 Å². The number of carbonyl (C=O) groups excluding carboxylic acids is 1. The summed E-state index contributed by atoms with van der Waals surface area (Å²) < 4.78 is 21.3. The van der Waals surface area contributed by atoms with E-state index in [1.807, 2.05) is 19.1 Å². The van der Waals surface area contributed by atoms with Crippen molar-refractivity contribution in [2.24, 2.45) is 0 Å². The Labute approximate surface area is 248 Å². The van der Waals surface area contributed by atoms with Crippen molar-refractivity contribution < 1.29 is 19.0 Å². The summed E-state index contributed by atoms with van der Waals surface area (Å²) in [4.78, 5) is 42.1. The van der Waals surface area contributed by atoms with Gasteiger partial charge in [0.25, 0.3) is 11.5 Å². The molecular weight excluding hydrogens is 551 g/mol. The van der Waals surface area contributed by atoms with Crippen LogP contribution in [0.3, 0.4) is 0 Å². The van der Waals surface area contributed by atoms with E-state index in [0.717, 1.165) is 38.0 Å². The Morgan fingerprint density at radius 3 is 2.58 bits per heavy atom. The molecule has 2 aliphatic rings. The molecule has 1 amide bonds. The summed E-state index contributed by atoms with van der Waals surface area (Å²) in [6.45, 7) is 4.59. The van der Waals surface area contributed by atoms with Crippen LogP contribution in [0.1, 0.15) is 48.0 Å². The Balaban J connectivity index is 1.38. The Bertz CT molecular complexity index is 1710. The Morgan fingerprint density at radius 2 is 1.88 bits per heavy atom. The molecule has 0 spiro atoms. The zero-order valence-electron chi connectivity index (χ0n) is 24.3. The van der Waals surface area contributed by atoms with Crippen molar-refractivity contribution in [2.45, 2.75) is 45.1 Å². The van der Waals surface area contributed by atoms with Crippen LogP contribution in [0.25, 0.3) is 22.2 Å². The third-order valence-electron chi connectivity index (χ3n) is 8.32. The number of fused-ring (bicyclic) bond motifs is 1. The smallest absolute Gasteiger partial charge is 0.259 e. The number of hydrogen-bond acceptors (Lipinski definition) is 8. The van der Waals surface area contributed by atoms with Crippen molar-refractivity contribution in [2.75, 3.05) is 43.5 Å². The van der Waals surface area contributed by atoms with Crippen LogP contribution in [0.5, 0.6) is 5.75 Å². The van der Waals surface area contributed by atoms with Crippen LogP contribution in [0.15, 0.2) is 47.5 Å². The summed E-state index contributed by atoms with van der Waals surface area (Å²) in [5.41, 5.74) is 2.74. The predicted molar refractivity (Wildman–Crippen MR) is 164 cm³/mol. The number of nitrogens with zero attached hydrogens (tertiary/aromatic N) is 4. The number of halogens is 1. The Morgan fingerprint density at radius 1 is 1.12 bits per heavy atom. The van der Waals surface area contributed by atoms with E-state index in [2.05, 4.69) is 20.2 Å². The van der Waals surface area contributed by atoms with E-state index in [-0.39, 0.29) is 40.1 Å². The molecule has 0 bridgehead atoms. The average Bonchev–Trinajstić information content (AvgIpc) is 3.03. The first-order valence-corrected chi connectivity index (χ1v) is 14.7. The van der Waals surface area contributed by atoms with Gasteiger partial charge in [-0.15, -0.1) is 0 Å². The van der Waals surface area contributed by atoms with Gasteiger partial charge in [-0.25, -0.2) is 14.4 Å². The highest BCUT2D eigenvalue weighted by atomic mass is 19.1. The van der Waals surface area contributed by atoms with Crippen molar-refractivity contribution in [3.63, 3.8) is 0 Å². The number of ether oxygens (including phenoxy) is 1. The molecule has 2 saturated heterocycles. The lowest BCUT2D eigenvalue weighted by Crippen LogP contribution is -2.35. The van der Waals surface area contributed by atoms with Gasteiger partial charge in [-0.1, -0.05) is 0 Å². The number of aryl methyl sites for hydroxylation is 1. The Hall–Kier alpha value is -4.51. The number of hydrogen-bond donors (Lipinski definition) is 3. The number of anilines is 3. The van der Waals surface area contributed by atoms with Gasteiger partial charge in [0.05, 0.1) is 52.9 Å². The van der Waals surface area contributed by atoms with Crippen LogP contribution in [0.2, 0.25) is 0 Å². The van der Waals surface area contributed by atoms with E-state index in [1.54, 1.807) is 23.4 Å². The molecule has 3 N–H and O–H groups in total. The van der Waals surface area contributed by atoms with Crippen molar-refractivity contribution in [1.82, 2.24) is 19.9 Å². The van der Waals surface area contributed by atoms with Crippen molar-refractivity contribution >= 4 is 34.0 Å². The SMILES string of the molecule is COc1cc(-c2cc(Nc3ccc(N4CCC(O)CC4)cn3)c3c(=O)[nH]cc(C)c3n2)c(F)cc1C(=O)N1CCCCC1. The van der Waals surface area contributed by atoms with Gasteiger partial charge in [-0.2, -0.15) is 0 Å². The van der Waals surface area contributed by atoms with Gasteiger partial charge in [0, 0.05) is 37.9 Å². The number of aliphatic hydroxyl groups is 1. The minimum absolute atomic E-state index is 0.146. The molecule has 1 aromatic carbocycles. The number of H-pyrrole nitrogens is 1. The molecule has 11 heteroatoms. The number of pyridine rings is 3. The number of aromatic amines is 1. The fraction of sp³-hybridized carbons (Fsp3) is 0.375. The maximum Gasteiger partial charge on any atom is 0.259 e. The first-order valence-electron chi connectivity index (χ1n) is 14.7. The number of methoxy groups -OCH3 is 1. The van der Waals surface area contributed by atoms with Crippen LogP contribution in [-0.4, -0.2) is 70.3 Å². The molecule has 6 rings (SSSR count). The van der Waals surface area contributed by atoms with Crippen LogP contribution < -0.4 is 20.5 Å². The number of piperidine rings is 2. The summed E-state index contributed by atoms with van der Waals surface area (Å²) >= 11 is 0. The standard InChI is InChI=1S/C32H35FN6O4/c1-19-17-35-31(41)29-26(36-28-7-6-20(18-34-28)38-12-8-21(40)9-13-38)16-25(37-30(19)29)22-15-27(43-2)23(14-24(22)33)32(42)39-10-4-3-5-11-39/h6-7,14-18,21,40H,3-5,8-13H2,1-2H3,(H,35,41)(H,34,36,37). The molecule has 0 unspecified atom stereocenters. The van der Waals surface area contributed by atoms with Gasteiger partial charge in [0.15, 0.2) is 0 Å². The first kappa shape index (κ1) is 28.6. The molecule has 0 atom stereocenters. The highest BCUT2D eigenvalue weighted by Crippen LogP contribution is 2.35. The van der Waals surface area contributed by atoms with Crippen molar-refractivity contribution in [3.8, 4) is 17.0 Å². The molecule has 2 fully saturated rings. The Kier molecular flexibility index (Phi) is 7.98. The highest BCUT2D eigenvalue weighted by molar-refractivity contribution is 5.99. The van der Waals surface area contributed by atoms with E-state index in [1.165, 1.54) is 19.2 Å². The monoisotopic (exact) mass is 586 g/mol. The second-order valence-electron chi connectivity index (χ2n) is 11.2. The zero-order chi connectivity index (χ0) is 30.1. The van der Waals surface area contributed by atoms with E-state index in [0.29, 0.717) is 53.9 Å². The normalized spacial score (nSPS) is 16.0. The van der Waals surface area contributed by atoms with Gasteiger partial charge < -0.3 is 29.9 Å². The number of aromatic nitrogens is 3.